The summed E-state index contributed by atoms with van der Waals surface area (Å²) in [6.07, 6.45) is -3.29. The maximum atomic E-state index is 13.0. The van der Waals surface area contributed by atoms with Gasteiger partial charge in [-0.3, -0.25) is 0 Å². The molecule has 0 aliphatic carbocycles. The van der Waals surface area contributed by atoms with Gasteiger partial charge in [0.05, 0.1) is 28.9 Å². The van der Waals surface area contributed by atoms with Crippen LogP contribution >= 0.6 is 11.8 Å². The van der Waals surface area contributed by atoms with Gasteiger partial charge in [0.1, 0.15) is 9.84 Å². The van der Waals surface area contributed by atoms with Crippen LogP contribution < -0.4 is 0 Å². The molecule has 0 saturated carbocycles. The number of sulfone groups is 1. The van der Waals surface area contributed by atoms with Crippen LogP contribution in [0.25, 0.3) is 11.0 Å². The van der Waals surface area contributed by atoms with E-state index in [2.05, 4.69) is 4.98 Å². The van der Waals surface area contributed by atoms with Gasteiger partial charge >= 0.3 is 6.18 Å². The minimum atomic E-state index is -4.44. The standard InChI is InChI=1S/C18H17F3N2O2S2/c1-27(24,25)10-9-26-17-22-15-11-14(18(19,20)21)7-8-16(15)23(17)12-13-5-3-2-4-6-13/h2-8,11H,9-10,12H2,1H3. The number of benzene rings is 2. The number of nitrogens with zero attached hydrogens (tertiary/aromatic N) is 2. The van der Waals surface area contributed by atoms with Gasteiger partial charge in [-0.05, 0) is 23.8 Å². The van der Waals surface area contributed by atoms with Crippen LogP contribution in [-0.4, -0.2) is 35.7 Å². The first-order valence-electron chi connectivity index (χ1n) is 8.05. The molecule has 1 heterocycles. The Kier molecular flexibility index (Phi) is 5.53. The normalized spacial score (nSPS) is 12.6. The zero-order valence-electron chi connectivity index (χ0n) is 14.4. The molecule has 0 unspecified atom stereocenters. The zero-order chi connectivity index (χ0) is 19.7. The van der Waals surface area contributed by atoms with Gasteiger partial charge in [-0.15, -0.1) is 0 Å². The smallest absolute Gasteiger partial charge is 0.314 e. The lowest BCUT2D eigenvalue weighted by Crippen LogP contribution is -2.07. The third-order valence-electron chi connectivity index (χ3n) is 3.91. The summed E-state index contributed by atoms with van der Waals surface area (Å²) in [5, 5.41) is 0.497. The van der Waals surface area contributed by atoms with Crippen LogP contribution in [-0.2, 0) is 22.6 Å². The number of alkyl halides is 3. The fourth-order valence-electron chi connectivity index (χ4n) is 2.60. The van der Waals surface area contributed by atoms with Crippen LogP contribution in [0.1, 0.15) is 11.1 Å². The van der Waals surface area contributed by atoms with Crippen molar-refractivity contribution in [3.8, 4) is 0 Å². The Bertz CT molecular complexity index is 1050. The number of fused-ring (bicyclic) bond motifs is 1. The average Bonchev–Trinajstić information content (AvgIpc) is 2.91. The number of imidazole rings is 1. The third kappa shape index (κ3) is 5.04. The third-order valence-corrected chi connectivity index (χ3v) is 6.09. The largest absolute Gasteiger partial charge is 0.416 e. The summed E-state index contributed by atoms with van der Waals surface area (Å²) in [4.78, 5) is 4.33. The Morgan fingerprint density at radius 3 is 2.44 bits per heavy atom. The highest BCUT2D eigenvalue weighted by molar-refractivity contribution is 8.00. The van der Waals surface area contributed by atoms with Crippen molar-refractivity contribution in [3.63, 3.8) is 0 Å². The Balaban J connectivity index is 2.00. The van der Waals surface area contributed by atoms with Crippen molar-refractivity contribution < 1.29 is 21.6 Å². The maximum absolute atomic E-state index is 13.0. The first-order valence-corrected chi connectivity index (χ1v) is 11.1. The van der Waals surface area contributed by atoms with Crippen molar-refractivity contribution in [2.45, 2.75) is 17.9 Å². The summed E-state index contributed by atoms with van der Waals surface area (Å²) < 4.78 is 63.5. The fraction of sp³-hybridized carbons (Fsp3) is 0.278. The summed E-state index contributed by atoms with van der Waals surface area (Å²) in [6.45, 7) is 0.434. The highest BCUT2D eigenvalue weighted by Gasteiger charge is 2.31. The Hall–Kier alpha value is -2.00. The fourth-order valence-corrected chi connectivity index (χ4v) is 4.81. The van der Waals surface area contributed by atoms with Crippen molar-refractivity contribution in [1.29, 1.82) is 0 Å². The summed E-state index contributed by atoms with van der Waals surface area (Å²) in [5.41, 5.74) is 1.03. The molecule has 0 amide bonds. The van der Waals surface area contributed by atoms with E-state index in [0.29, 0.717) is 17.2 Å². The Labute approximate surface area is 159 Å². The molecule has 0 radical (unpaired) electrons. The minimum absolute atomic E-state index is 0.0278. The van der Waals surface area contributed by atoms with E-state index in [9.17, 15) is 21.6 Å². The lowest BCUT2D eigenvalue weighted by atomic mass is 10.2. The number of hydrogen-bond donors (Lipinski definition) is 0. The molecule has 27 heavy (non-hydrogen) atoms. The maximum Gasteiger partial charge on any atom is 0.416 e. The highest BCUT2D eigenvalue weighted by Crippen LogP contribution is 2.33. The molecule has 0 fully saturated rings. The second-order valence-corrected chi connectivity index (χ2v) is 9.47. The first kappa shape index (κ1) is 19.8. The number of rotatable bonds is 6. The monoisotopic (exact) mass is 414 g/mol. The van der Waals surface area contributed by atoms with Gasteiger partial charge in [-0.2, -0.15) is 13.2 Å². The van der Waals surface area contributed by atoms with Gasteiger partial charge < -0.3 is 4.57 Å². The predicted molar refractivity (Wildman–Crippen MR) is 101 cm³/mol. The van der Waals surface area contributed by atoms with Crippen LogP contribution in [0.4, 0.5) is 13.2 Å². The van der Waals surface area contributed by atoms with E-state index in [1.54, 1.807) is 0 Å². The molecule has 144 valence electrons. The molecule has 1 aromatic heterocycles. The zero-order valence-corrected chi connectivity index (χ0v) is 16.0. The molecule has 2 aromatic carbocycles. The highest BCUT2D eigenvalue weighted by atomic mass is 32.2. The van der Waals surface area contributed by atoms with E-state index in [1.807, 2.05) is 34.9 Å². The van der Waals surface area contributed by atoms with Gasteiger partial charge in [0, 0.05) is 12.0 Å². The topological polar surface area (TPSA) is 52.0 Å². The lowest BCUT2D eigenvalue weighted by molar-refractivity contribution is -0.137. The quantitative estimate of drug-likeness (QED) is 0.566. The first-order chi connectivity index (χ1) is 12.6. The van der Waals surface area contributed by atoms with Crippen molar-refractivity contribution >= 4 is 32.6 Å². The molecule has 0 aliphatic heterocycles. The second kappa shape index (κ2) is 7.55. The summed E-state index contributed by atoms with van der Waals surface area (Å²) in [7, 11) is -3.13. The average molecular weight is 414 g/mol. The molecule has 0 aliphatic rings. The van der Waals surface area contributed by atoms with Gasteiger partial charge in [0.2, 0.25) is 0 Å². The second-order valence-electron chi connectivity index (χ2n) is 6.15. The van der Waals surface area contributed by atoms with E-state index in [0.717, 1.165) is 24.0 Å². The molecule has 0 bridgehead atoms. The van der Waals surface area contributed by atoms with E-state index >= 15 is 0 Å². The molecular weight excluding hydrogens is 397 g/mol. The molecule has 0 spiro atoms. The molecular formula is C18H17F3N2O2S2. The molecule has 9 heteroatoms. The van der Waals surface area contributed by atoms with Crippen molar-refractivity contribution in [2.24, 2.45) is 0 Å². The van der Waals surface area contributed by atoms with Gasteiger partial charge in [-0.1, -0.05) is 42.1 Å². The molecule has 0 N–H and O–H groups in total. The van der Waals surface area contributed by atoms with E-state index < -0.39 is 21.6 Å². The van der Waals surface area contributed by atoms with Gasteiger partial charge in [0.15, 0.2) is 5.16 Å². The number of thioether (sulfide) groups is 1. The molecule has 3 rings (SSSR count). The van der Waals surface area contributed by atoms with E-state index in [-0.39, 0.29) is 17.0 Å². The van der Waals surface area contributed by atoms with Crippen LogP contribution in [0.3, 0.4) is 0 Å². The molecule has 3 aromatic rings. The van der Waals surface area contributed by atoms with Crippen molar-refractivity contribution in [3.05, 3.63) is 59.7 Å². The van der Waals surface area contributed by atoms with Crippen LogP contribution in [0.15, 0.2) is 53.7 Å². The van der Waals surface area contributed by atoms with E-state index in [4.69, 9.17) is 0 Å². The van der Waals surface area contributed by atoms with Crippen molar-refractivity contribution in [1.82, 2.24) is 9.55 Å². The lowest BCUT2D eigenvalue weighted by Gasteiger charge is -2.10. The number of aromatic nitrogens is 2. The van der Waals surface area contributed by atoms with Gasteiger partial charge in [-0.25, -0.2) is 13.4 Å². The molecule has 0 saturated heterocycles. The minimum Gasteiger partial charge on any atom is -0.314 e. The molecule has 0 atom stereocenters. The Morgan fingerprint density at radius 1 is 1.11 bits per heavy atom. The van der Waals surface area contributed by atoms with Crippen LogP contribution in [0.2, 0.25) is 0 Å². The van der Waals surface area contributed by atoms with E-state index in [1.165, 1.54) is 17.8 Å². The predicted octanol–water partition coefficient (Wildman–Crippen LogP) is 4.24. The van der Waals surface area contributed by atoms with Gasteiger partial charge in [0.25, 0.3) is 0 Å². The Morgan fingerprint density at radius 2 is 1.81 bits per heavy atom. The SMILES string of the molecule is CS(=O)(=O)CCSc1nc2cc(C(F)(F)F)ccc2n1Cc1ccccc1. The summed E-state index contributed by atoms with van der Waals surface area (Å²) in [6, 6.07) is 13.0. The number of hydrogen-bond acceptors (Lipinski definition) is 4. The van der Waals surface area contributed by atoms with Crippen molar-refractivity contribution in [2.75, 3.05) is 17.8 Å². The summed E-state index contributed by atoms with van der Waals surface area (Å²) >= 11 is 1.22. The van der Waals surface area contributed by atoms with Crippen LogP contribution in [0, 0.1) is 0 Å². The molecule has 4 nitrogen and oxygen atoms in total. The summed E-state index contributed by atoms with van der Waals surface area (Å²) in [5.74, 6) is 0.253. The number of halogens is 3. The van der Waals surface area contributed by atoms with Crippen LogP contribution in [0.5, 0.6) is 0 Å².